The summed E-state index contributed by atoms with van der Waals surface area (Å²) in [7, 11) is 0. The highest BCUT2D eigenvalue weighted by Gasteiger charge is 2.41. The van der Waals surface area contributed by atoms with Crippen LogP contribution in [0.2, 0.25) is 0 Å². The highest BCUT2D eigenvalue weighted by Crippen LogP contribution is 2.41. The maximum Gasteiger partial charge on any atom is 0.223 e. The Morgan fingerprint density at radius 3 is 2.38 bits per heavy atom. The van der Waals surface area contributed by atoms with Gasteiger partial charge in [-0.1, -0.05) is 74.5 Å². The molecule has 2 aliphatic rings. The normalized spacial score (nSPS) is 19.3. The maximum absolute atomic E-state index is 13.4. The van der Waals surface area contributed by atoms with Crippen molar-refractivity contribution < 1.29 is 9.59 Å². The predicted octanol–water partition coefficient (Wildman–Crippen LogP) is 5.38. The lowest BCUT2D eigenvalue weighted by Crippen LogP contribution is -2.33. The van der Waals surface area contributed by atoms with Crippen molar-refractivity contribution in [1.82, 2.24) is 14.7 Å². The van der Waals surface area contributed by atoms with Crippen molar-refractivity contribution in [3.63, 3.8) is 0 Å². The van der Waals surface area contributed by atoms with Gasteiger partial charge < -0.3 is 4.90 Å². The summed E-state index contributed by atoms with van der Waals surface area (Å²) in [6.07, 6.45) is 4.37. The van der Waals surface area contributed by atoms with Gasteiger partial charge in [0.2, 0.25) is 5.91 Å². The minimum atomic E-state index is -0.112. The Hall–Kier alpha value is -3.21. The van der Waals surface area contributed by atoms with Crippen molar-refractivity contribution in [2.24, 2.45) is 5.41 Å². The van der Waals surface area contributed by atoms with Crippen molar-refractivity contribution >= 4 is 11.7 Å². The third-order valence-electron chi connectivity index (χ3n) is 7.18. The summed E-state index contributed by atoms with van der Waals surface area (Å²) in [6.45, 7) is 5.68. The third kappa shape index (κ3) is 4.56. The zero-order valence-corrected chi connectivity index (χ0v) is 20.2. The summed E-state index contributed by atoms with van der Waals surface area (Å²) in [5.41, 5.74) is 4.88. The molecule has 1 aliphatic carbocycles. The first-order chi connectivity index (χ1) is 16.4. The topological polar surface area (TPSA) is 55.2 Å². The lowest BCUT2D eigenvalue weighted by molar-refractivity contribution is -0.132. The monoisotopic (exact) mass is 455 g/mol. The molecular formula is C29H33N3O2. The van der Waals surface area contributed by atoms with Crippen molar-refractivity contribution in [3.8, 4) is 0 Å². The second-order valence-corrected chi connectivity index (χ2v) is 10.5. The van der Waals surface area contributed by atoms with E-state index in [4.69, 9.17) is 5.10 Å². The summed E-state index contributed by atoms with van der Waals surface area (Å²) >= 11 is 0. The van der Waals surface area contributed by atoms with E-state index in [-0.39, 0.29) is 23.1 Å². The summed E-state index contributed by atoms with van der Waals surface area (Å²) in [5, 5.41) is 5.04. The Balaban J connectivity index is 1.45. The number of Topliss-reactive ketones (excluding diaryl/α,β-unsaturated/α-hetero) is 1. The van der Waals surface area contributed by atoms with Crippen LogP contribution in [-0.4, -0.2) is 32.9 Å². The SMILES string of the molecule is CC1(C)CC(=O)c2c([C@@H]3CCCN3C(=O)CCc3ccccc3)nn(Cc3ccccc3)c2C1. The Bertz CT molecular complexity index is 1180. The van der Waals surface area contributed by atoms with Gasteiger partial charge in [-0.25, -0.2) is 0 Å². The third-order valence-corrected chi connectivity index (χ3v) is 7.18. The fourth-order valence-corrected chi connectivity index (χ4v) is 5.55. The van der Waals surface area contributed by atoms with Gasteiger partial charge in [0, 0.05) is 19.4 Å². The van der Waals surface area contributed by atoms with Crippen LogP contribution in [-0.2, 0) is 24.2 Å². The average molecular weight is 456 g/mol. The van der Waals surface area contributed by atoms with Gasteiger partial charge in [-0.05, 0) is 42.2 Å². The van der Waals surface area contributed by atoms with Gasteiger partial charge in [0.1, 0.15) is 0 Å². The Labute approximate surface area is 201 Å². The van der Waals surface area contributed by atoms with E-state index in [1.54, 1.807) is 0 Å². The second kappa shape index (κ2) is 9.21. The van der Waals surface area contributed by atoms with E-state index in [9.17, 15) is 9.59 Å². The van der Waals surface area contributed by atoms with Crippen LogP contribution < -0.4 is 0 Å². The second-order valence-electron chi connectivity index (χ2n) is 10.5. The number of rotatable bonds is 6. The van der Waals surface area contributed by atoms with Gasteiger partial charge >= 0.3 is 0 Å². The summed E-state index contributed by atoms with van der Waals surface area (Å²) in [4.78, 5) is 28.6. The molecule has 0 radical (unpaired) electrons. The van der Waals surface area contributed by atoms with Crippen LogP contribution in [0.25, 0.3) is 0 Å². The summed E-state index contributed by atoms with van der Waals surface area (Å²) < 4.78 is 2.03. The maximum atomic E-state index is 13.4. The van der Waals surface area contributed by atoms with Gasteiger partial charge in [0.05, 0.1) is 29.5 Å². The molecular weight excluding hydrogens is 422 g/mol. The van der Waals surface area contributed by atoms with Gasteiger partial charge in [-0.2, -0.15) is 5.10 Å². The molecule has 0 N–H and O–H groups in total. The van der Waals surface area contributed by atoms with Crippen molar-refractivity contribution in [1.29, 1.82) is 0 Å². The molecule has 5 nitrogen and oxygen atoms in total. The number of nitrogens with zero attached hydrogens (tertiary/aromatic N) is 3. The van der Waals surface area contributed by atoms with Crippen LogP contribution in [0.3, 0.4) is 0 Å². The van der Waals surface area contributed by atoms with Crippen LogP contribution >= 0.6 is 0 Å². The molecule has 1 saturated heterocycles. The van der Waals surface area contributed by atoms with Crippen molar-refractivity contribution in [2.75, 3.05) is 6.54 Å². The molecule has 2 aromatic carbocycles. The van der Waals surface area contributed by atoms with E-state index in [0.717, 1.165) is 54.7 Å². The molecule has 0 spiro atoms. The number of carbonyl (C=O) groups excluding carboxylic acids is 2. The summed E-state index contributed by atoms with van der Waals surface area (Å²) in [6, 6.07) is 20.3. The largest absolute Gasteiger partial charge is 0.334 e. The van der Waals surface area contributed by atoms with Crippen LogP contribution in [0, 0.1) is 5.41 Å². The number of benzene rings is 2. The molecule has 1 aromatic heterocycles. The molecule has 5 heteroatoms. The molecule has 176 valence electrons. The quantitative estimate of drug-likeness (QED) is 0.501. The Kier molecular flexibility index (Phi) is 6.11. The van der Waals surface area contributed by atoms with Gasteiger partial charge in [-0.3, -0.25) is 14.3 Å². The molecule has 3 aromatic rings. The number of hydrogen-bond acceptors (Lipinski definition) is 3. The number of carbonyl (C=O) groups is 2. The van der Waals surface area contributed by atoms with E-state index in [1.807, 2.05) is 46.0 Å². The van der Waals surface area contributed by atoms with E-state index in [0.29, 0.717) is 19.4 Å². The lowest BCUT2D eigenvalue weighted by Gasteiger charge is -2.30. The van der Waals surface area contributed by atoms with E-state index < -0.39 is 0 Å². The Morgan fingerprint density at radius 1 is 1.00 bits per heavy atom. The number of hydrogen-bond donors (Lipinski definition) is 0. The fourth-order valence-electron chi connectivity index (χ4n) is 5.55. The highest BCUT2D eigenvalue weighted by atomic mass is 16.2. The number of aromatic nitrogens is 2. The van der Waals surface area contributed by atoms with Gasteiger partial charge in [0.25, 0.3) is 0 Å². The first-order valence-corrected chi connectivity index (χ1v) is 12.4. The fraction of sp³-hybridized carbons (Fsp3) is 0.414. The minimum Gasteiger partial charge on any atom is -0.334 e. The van der Waals surface area contributed by atoms with Gasteiger partial charge in [-0.15, -0.1) is 0 Å². The molecule has 5 rings (SSSR count). The molecule has 34 heavy (non-hydrogen) atoms. The number of aryl methyl sites for hydroxylation is 1. The Morgan fingerprint density at radius 2 is 1.68 bits per heavy atom. The number of likely N-dealkylation sites (tertiary alicyclic amines) is 1. The first kappa shape index (κ1) is 22.6. The van der Waals surface area contributed by atoms with Crippen LogP contribution in [0.1, 0.15) is 78.4 Å². The molecule has 0 bridgehead atoms. The lowest BCUT2D eigenvalue weighted by atomic mass is 9.75. The van der Waals surface area contributed by atoms with Crippen molar-refractivity contribution in [2.45, 2.75) is 65.0 Å². The smallest absolute Gasteiger partial charge is 0.223 e. The molecule has 1 amide bonds. The molecule has 1 fully saturated rings. The highest BCUT2D eigenvalue weighted by molar-refractivity contribution is 6.00. The molecule has 0 saturated carbocycles. The summed E-state index contributed by atoms with van der Waals surface area (Å²) in [5.74, 6) is 0.324. The predicted molar refractivity (Wildman–Crippen MR) is 133 cm³/mol. The number of ketones is 1. The molecule has 0 unspecified atom stereocenters. The minimum absolute atomic E-state index is 0.0866. The number of fused-ring (bicyclic) bond motifs is 1. The zero-order valence-electron chi connectivity index (χ0n) is 20.2. The standard InChI is InChI=1S/C29H33N3O2/c1-29(2)18-24-27(25(33)19-29)28(30-32(24)20-22-12-7-4-8-13-22)23-14-9-17-31(23)26(34)16-15-21-10-5-3-6-11-21/h3-8,10-13,23H,9,14-20H2,1-2H3/t23-/m0/s1. The van der Waals surface area contributed by atoms with E-state index >= 15 is 0 Å². The molecule has 2 heterocycles. The van der Waals surface area contributed by atoms with E-state index in [1.165, 1.54) is 5.56 Å². The van der Waals surface area contributed by atoms with E-state index in [2.05, 4.69) is 38.1 Å². The van der Waals surface area contributed by atoms with Crippen molar-refractivity contribution in [3.05, 3.63) is 88.7 Å². The number of amides is 1. The molecule has 1 atom stereocenters. The first-order valence-electron chi connectivity index (χ1n) is 12.4. The average Bonchev–Trinajstić information content (AvgIpc) is 3.43. The van der Waals surface area contributed by atoms with Crippen LogP contribution in [0.5, 0.6) is 0 Å². The van der Waals surface area contributed by atoms with Crippen LogP contribution in [0.15, 0.2) is 60.7 Å². The molecule has 1 aliphatic heterocycles. The van der Waals surface area contributed by atoms with Gasteiger partial charge in [0.15, 0.2) is 5.78 Å². The zero-order chi connectivity index (χ0) is 23.7. The van der Waals surface area contributed by atoms with Crippen LogP contribution in [0.4, 0.5) is 0 Å².